The highest BCUT2D eigenvalue weighted by atomic mass is 16.4. The zero-order valence-corrected chi connectivity index (χ0v) is 12.0. The van der Waals surface area contributed by atoms with Gasteiger partial charge in [0.2, 0.25) is 0 Å². The van der Waals surface area contributed by atoms with Crippen LogP contribution in [0.4, 0.5) is 4.79 Å². The van der Waals surface area contributed by atoms with Crippen LogP contribution < -0.4 is 5.32 Å². The summed E-state index contributed by atoms with van der Waals surface area (Å²) in [6, 6.07) is 7.21. The Morgan fingerprint density at radius 3 is 2.25 bits per heavy atom. The zero-order valence-electron chi connectivity index (χ0n) is 12.0. The van der Waals surface area contributed by atoms with E-state index in [1.165, 1.54) is 4.90 Å². The van der Waals surface area contributed by atoms with Crippen LogP contribution in [0.1, 0.15) is 11.6 Å². The van der Waals surface area contributed by atoms with Gasteiger partial charge in [-0.3, -0.25) is 0 Å². The molecule has 6 nitrogen and oxygen atoms in total. The number of hydrogen-bond donors (Lipinski definition) is 2. The summed E-state index contributed by atoms with van der Waals surface area (Å²) in [6.45, 7) is 1.24. The Kier molecular flexibility index (Phi) is 5.99. The van der Waals surface area contributed by atoms with Gasteiger partial charge in [-0.25, -0.2) is 9.59 Å². The fraction of sp³-hybridized carbons (Fsp3) is 0.429. The molecule has 0 saturated heterocycles. The van der Waals surface area contributed by atoms with E-state index in [0.29, 0.717) is 18.7 Å². The molecule has 110 valence electrons. The molecular weight excluding hydrogens is 258 g/mol. The highest BCUT2D eigenvalue weighted by Crippen LogP contribution is 2.12. The maximum absolute atomic E-state index is 12.0. The van der Waals surface area contributed by atoms with Gasteiger partial charge in [0.1, 0.15) is 0 Å². The molecule has 1 atom stereocenters. The third kappa shape index (κ3) is 4.89. The van der Waals surface area contributed by atoms with E-state index in [-0.39, 0.29) is 0 Å². The highest BCUT2D eigenvalue weighted by molar-refractivity contribution is 5.83. The Morgan fingerprint density at radius 1 is 1.15 bits per heavy atom. The Balaban J connectivity index is 2.67. The first-order valence-electron chi connectivity index (χ1n) is 6.36. The third-order valence-electron chi connectivity index (χ3n) is 2.88. The van der Waals surface area contributed by atoms with E-state index < -0.39 is 18.0 Å². The zero-order chi connectivity index (χ0) is 15.1. The molecule has 0 spiro atoms. The summed E-state index contributed by atoms with van der Waals surface area (Å²) < 4.78 is 0. The van der Waals surface area contributed by atoms with Gasteiger partial charge in [-0.1, -0.05) is 30.3 Å². The van der Waals surface area contributed by atoms with Gasteiger partial charge in [-0.2, -0.15) is 0 Å². The number of rotatable bonds is 6. The number of urea groups is 1. The van der Waals surface area contributed by atoms with Crippen molar-refractivity contribution in [1.82, 2.24) is 15.1 Å². The second kappa shape index (κ2) is 7.49. The number of aliphatic carboxylic acids is 1. The topological polar surface area (TPSA) is 72.9 Å². The molecule has 0 aromatic heterocycles. The number of nitrogens with one attached hydrogen (secondary N) is 1. The van der Waals surface area contributed by atoms with Crippen molar-refractivity contribution in [2.45, 2.75) is 6.04 Å². The lowest BCUT2D eigenvalue weighted by Gasteiger charge is -2.23. The fourth-order valence-electron chi connectivity index (χ4n) is 1.62. The molecule has 0 fully saturated rings. The number of amides is 2. The van der Waals surface area contributed by atoms with Gasteiger partial charge < -0.3 is 20.2 Å². The normalized spacial score (nSPS) is 12.0. The van der Waals surface area contributed by atoms with Gasteiger partial charge in [-0.05, 0) is 19.7 Å². The summed E-state index contributed by atoms with van der Waals surface area (Å²) in [4.78, 5) is 26.7. The monoisotopic (exact) mass is 279 g/mol. The van der Waals surface area contributed by atoms with Crippen molar-refractivity contribution in [2.24, 2.45) is 0 Å². The summed E-state index contributed by atoms with van der Waals surface area (Å²) in [7, 11) is 5.47. The summed E-state index contributed by atoms with van der Waals surface area (Å²) in [6.07, 6.45) is 0. The lowest BCUT2D eigenvalue weighted by Crippen LogP contribution is -2.44. The van der Waals surface area contributed by atoms with E-state index >= 15 is 0 Å². The largest absolute Gasteiger partial charge is 0.479 e. The first-order chi connectivity index (χ1) is 9.41. The standard InChI is InChI=1S/C14H21N3O3/c1-16(2)9-10-17(3)14(20)15-12(13(18)19)11-7-5-4-6-8-11/h4-8,12H,9-10H2,1-3H3,(H,15,20)(H,18,19)/t12-/m0/s1. The minimum atomic E-state index is -1.08. The molecular formula is C14H21N3O3. The first kappa shape index (κ1) is 16.0. The summed E-state index contributed by atoms with van der Waals surface area (Å²) in [5.41, 5.74) is 0.550. The molecule has 20 heavy (non-hydrogen) atoms. The van der Waals surface area contributed by atoms with Gasteiger partial charge >= 0.3 is 12.0 Å². The average molecular weight is 279 g/mol. The molecule has 0 saturated carbocycles. The Labute approximate surface area is 119 Å². The van der Waals surface area contributed by atoms with Crippen molar-refractivity contribution < 1.29 is 14.7 Å². The second-order valence-electron chi connectivity index (χ2n) is 4.86. The minimum absolute atomic E-state index is 0.400. The molecule has 6 heteroatoms. The fourth-order valence-corrected chi connectivity index (χ4v) is 1.62. The molecule has 0 unspecified atom stereocenters. The number of carbonyl (C=O) groups is 2. The Hall–Kier alpha value is -2.08. The van der Waals surface area contributed by atoms with Crippen LogP contribution in [0.3, 0.4) is 0 Å². The van der Waals surface area contributed by atoms with E-state index in [2.05, 4.69) is 5.32 Å². The molecule has 1 aromatic carbocycles. The van der Waals surface area contributed by atoms with E-state index in [9.17, 15) is 14.7 Å². The van der Waals surface area contributed by atoms with Gasteiger partial charge in [0.05, 0.1) is 0 Å². The average Bonchev–Trinajstić information content (AvgIpc) is 2.42. The maximum Gasteiger partial charge on any atom is 0.330 e. The molecule has 2 N–H and O–H groups in total. The molecule has 2 amide bonds. The lowest BCUT2D eigenvalue weighted by molar-refractivity contribution is -0.139. The van der Waals surface area contributed by atoms with Crippen LogP contribution in [0.25, 0.3) is 0 Å². The molecule has 1 rings (SSSR count). The van der Waals surface area contributed by atoms with Gasteiger partial charge in [-0.15, -0.1) is 0 Å². The van der Waals surface area contributed by atoms with E-state index in [0.717, 1.165) is 0 Å². The molecule has 0 bridgehead atoms. The smallest absolute Gasteiger partial charge is 0.330 e. The number of carbonyl (C=O) groups excluding carboxylic acids is 1. The van der Waals surface area contributed by atoms with Crippen LogP contribution in [0.2, 0.25) is 0 Å². The van der Waals surface area contributed by atoms with Gasteiger partial charge in [0, 0.05) is 20.1 Å². The Morgan fingerprint density at radius 2 is 1.75 bits per heavy atom. The molecule has 0 aliphatic heterocycles. The van der Waals surface area contributed by atoms with Crippen molar-refractivity contribution in [3.05, 3.63) is 35.9 Å². The molecule has 0 radical (unpaired) electrons. The highest BCUT2D eigenvalue weighted by Gasteiger charge is 2.23. The van der Waals surface area contributed by atoms with Crippen molar-refractivity contribution in [2.75, 3.05) is 34.2 Å². The Bertz CT molecular complexity index is 448. The van der Waals surface area contributed by atoms with Crippen molar-refractivity contribution >= 4 is 12.0 Å². The van der Waals surface area contributed by atoms with Gasteiger partial charge in [0.25, 0.3) is 0 Å². The summed E-state index contributed by atoms with van der Waals surface area (Å²) in [5.74, 6) is -1.08. The van der Waals surface area contributed by atoms with Crippen molar-refractivity contribution in [3.63, 3.8) is 0 Å². The first-order valence-corrected chi connectivity index (χ1v) is 6.36. The molecule has 0 aliphatic carbocycles. The van der Waals surface area contributed by atoms with Crippen molar-refractivity contribution in [1.29, 1.82) is 0 Å². The molecule has 1 aromatic rings. The number of carboxylic acids is 1. The SMILES string of the molecule is CN(C)CCN(C)C(=O)N[C@H](C(=O)O)c1ccccc1. The number of nitrogens with zero attached hydrogens (tertiary/aromatic N) is 2. The van der Waals surface area contributed by atoms with E-state index in [1.807, 2.05) is 19.0 Å². The van der Waals surface area contributed by atoms with Crippen LogP contribution in [0, 0.1) is 0 Å². The summed E-state index contributed by atoms with van der Waals surface area (Å²) in [5, 5.41) is 11.8. The lowest BCUT2D eigenvalue weighted by atomic mass is 10.1. The minimum Gasteiger partial charge on any atom is -0.479 e. The summed E-state index contributed by atoms with van der Waals surface area (Å²) >= 11 is 0. The van der Waals surface area contributed by atoms with Crippen LogP contribution in [0.15, 0.2) is 30.3 Å². The maximum atomic E-state index is 12.0. The second-order valence-corrected chi connectivity index (χ2v) is 4.86. The van der Waals surface area contributed by atoms with Crippen molar-refractivity contribution in [3.8, 4) is 0 Å². The van der Waals surface area contributed by atoms with Crippen LogP contribution in [0.5, 0.6) is 0 Å². The van der Waals surface area contributed by atoms with Crippen LogP contribution >= 0.6 is 0 Å². The predicted molar refractivity (Wildman–Crippen MR) is 76.5 cm³/mol. The number of hydrogen-bond acceptors (Lipinski definition) is 3. The quantitative estimate of drug-likeness (QED) is 0.815. The molecule has 0 aliphatic rings. The number of benzene rings is 1. The predicted octanol–water partition coefficient (Wildman–Crippen LogP) is 1.02. The van der Waals surface area contributed by atoms with E-state index in [1.54, 1.807) is 37.4 Å². The number of carboxylic acid groups (broad SMARTS) is 1. The third-order valence-corrected chi connectivity index (χ3v) is 2.88. The van der Waals surface area contributed by atoms with Gasteiger partial charge in [0.15, 0.2) is 6.04 Å². The van der Waals surface area contributed by atoms with E-state index in [4.69, 9.17) is 0 Å². The number of likely N-dealkylation sites (N-methyl/N-ethyl adjacent to an activating group) is 2. The van der Waals surface area contributed by atoms with Crippen LogP contribution in [-0.2, 0) is 4.79 Å². The van der Waals surface area contributed by atoms with Crippen LogP contribution in [-0.4, -0.2) is 61.1 Å². The molecule has 0 heterocycles.